The van der Waals surface area contributed by atoms with E-state index in [2.05, 4.69) is 59.6 Å². The van der Waals surface area contributed by atoms with Crippen LogP contribution < -0.4 is 0 Å². The highest BCUT2D eigenvalue weighted by Gasteiger charge is 2.09. The fourth-order valence-electron chi connectivity index (χ4n) is 3.13. The van der Waals surface area contributed by atoms with E-state index < -0.39 is 0 Å². The SMILES string of the molecule is c1ccc2oc(-c3ccc4c(c3)[nH]c3ccccc34)cc2c1. The maximum atomic E-state index is 5.96. The van der Waals surface area contributed by atoms with E-state index in [-0.39, 0.29) is 0 Å². The zero-order valence-electron chi connectivity index (χ0n) is 11.8. The Bertz CT molecular complexity index is 1100. The van der Waals surface area contributed by atoms with E-state index in [1.165, 1.54) is 16.3 Å². The Kier molecular flexibility index (Phi) is 2.25. The third kappa shape index (κ3) is 1.61. The topological polar surface area (TPSA) is 28.9 Å². The van der Waals surface area contributed by atoms with Gasteiger partial charge in [-0.2, -0.15) is 0 Å². The Labute approximate surface area is 127 Å². The van der Waals surface area contributed by atoms with Crippen molar-refractivity contribution in [2.45, 2.75) is 0 Å². The van der Waals surface area contributed by atoms with E-state index >= 15 is 0 Å². The second-order valence-electron chi connectivity index (χ2n) is 5.58. The first-order valence-electron chi connectivity index (χ1n) is 7.38. The van der Waals surface area contributed by atoms with Gasteiger partial charge in [0, 0.05) is 32.8 Å². The number of H-pyrrole nitrogens is 1. The molecule has 0 saturated carbocycles. The van der Waals surface area contributed by atoms with Gasteiger partial charge < -0.3 is 9.40 Å². The lowest BCUT2D eigenvalue weighted by Crippen LogP contribution is -1.74. The van der Waals surface area contributed by atoms with Gasteiger partial charge in [-0.15, -0.1) is 0 Å². The number of furan rings is 1. The highest BCUT2D eigenvalue weighted by molar-refractivity contribution is 6.08. The molecule has 0 aliphatic heterocycles. The van der Waals surface area contributed by atoms with Crippen molar-refractivity contribution in [2.75, 3.05) is 0 Å². The molecule has 0 saturated heterocycles. The summed E-state index contributed by atoms with van der Waals surface area (Å²) >= 11 is 0. The van der Waals surface area contributed by atoms with Gasteiger partial charge in [0.1, 0.15) is 11.3 Å². The van der Waals surface area contributed by atoms with Gasteiger partial charge in [-0.05, 0) is 24.3 Å². The molecule has 0 unspecified atom stereocenters. The molecule has 104 valence electrons. The van der Waals surface area contributed by atoms with Gasteiger partial charge in [-0.3, -0.25) is 0 Å². The number of rotatable bonds is 1. The first-order chi connectivity index (χ1) is 10.9. The summed E-state index contributed by atoms with van der Waals surface area (Å²) < 4.78 is 5.96. The number of hydrogen-bond donors (Lipinski definition) is 1. The monoisotopic (exact) mass is 283 g/mol. The summed E-state index contributed by atoms with van der Waals surface area (Å²) in [6.45, 7) is 0. The van der Waals surface area contributed by atoms with Crippen molar-refractivity contribution in [1.29, 1.82) is 0 Å². The van der Waals surface area contributed by atoms with Crippen molar-refractivity contribution >= 4 is 32.8 Å². The zero-order chi connectivity index (χ0) is 14.5. The minimum atomic E-state index is 0.904. The second kappa shape index (κ2) is 4.25. The molecule has 22 heavy (non-hydrogen) atoms. The first kappa shape index (κ1) is 11.6. The largest absolute Gasteiger partial charge is 0.456 e. The summed E-state index contributed by atoms with van der Waals surface area (Å²) in [5.41, 5.74) is 4.32. The molecular weight excluding hydrogens is 270 g/mol. The van der Waals surface area contributed by atoms with Crippen molar-refractivity contribution < 1.29 is 4.42 Å². The van der Waals surface area contributed by atoms with Gasteiger partial charge in [-0.25, -0.2) is 0 Å². The predicted molar refractivity (Wildman–Crippen MR) is 91.0 cm³/mol. The van der Waals surface area contributed by atoms with Crippen LogP contribution >= 0.6 is 0 Å². The number of fused-ring (bicyclic) bond motifs is 4. The van der Waals surface area contributed by atoms with E-state index in [1.807, 2.05) is 18.2 Å². The van der Waals surface area contributed by atoms with E-state index in [0.29, 0.717) is 0 Å². The Morgan fingerprint density at radius 1 is 0.682 bits per heavy atom. The molecule has 0 bridgehead atoms. The number of nitrogens with one attached hydrogen (secondary N) is 1. The van der Waals surface area contributed by atoms with Crippen LogP contribution in [-0.2, 0) is 0 Å². The van der Waals surface area contributed by atoms with Crippen molar-refractivity contribution in [1.82, 2.24) is 4.98 Å². The van der Waals surface area contributed by atoms with Crippen molar-refractivity contribution in [3.63, 3.8) is 0 Å². The molecule has 0 fully saturated rings. The van der Waals surface area contributed by atoms with Gasteiger partial charge in [-0.1, -0.05) is 48.5 Å². The van der Waals surface area contributed by atoms with Gasteiger partial charge in [0.25, 0.3) is 0 Å². The molecule has 3 aromatic carbocycles. The molecule has 5 aromatic rings. The fraction of sp³-hybridized carbons (Fsp3) is 0. The Balaban J connectivity index is 1.75. The number of aromatic nitrogens is 1. The summed E-state index contributed by atoms with van der Waals surface area (Å²) in [6, 6.07) is 25.0. The van der Waals surface area contributed by atoms with E-state index in [0.717, 1.165) is 27.8 Å². The highest BCUT2D eigenvalue weighted by Crippen LogP contribution is 2.32. The van der Waals surface area contributed by atoms with Crippen molar-refractivity contribution in [2.24, 2.45) is 0 Å². The average molecular weight is 283 g/mol. The number of para-hydroxylation sites is 2. The van der Waals surface area contributed by atoms with Crippen LogP contribution in [-0.4, -0.2) is 4.98 Å². The lowest BCUT2D eigenvalue weighted by atomic mass is 10.1. The molecule has 2 heterocycles. The lowest BCUT2D eigenvalue weighted by molar-refractivity contribution is 0.631. The molecule has 0 amide bonds. The minimum Gasteiger partial charge on any atom is -0.456 e. The molecule has 1 N–H and O–H groups in total. The van der Waals surface area contributed by atoms with E-state index in [9.17, 15) is 0 Å². The third-order valence-corrected chi connectivity index (χ3v) is 4.22. The summed E-state index contributed by atoms with van der Waals surface area (Å²) in [4.78, 5) is 3.48. The second-order valence-corrected chi connectivity index (χ2v) is 5.58. The standard InChI is InChI=1S/C20H13NO/c1-4-8-19-13(5-1)12-20(22-19)14-9-10-16-15-6-2-3-7-17(15)21-18(16)11-14/h1-12,21H. The van der Waals surface area contributed by atoms with Gasteiger partial charge in [0.15, 0.2) is 0 Å². The summed E-state index contributed by atoms with van der Waals surface area (Å²) in [5.74, 6) is 0.904. The lowest BCUT2D eigenvalue weighted by Gasteiger charge is -1.97. The van der Waals surface area contributed by atoms with Crippen molar-refractivity contribution in [3.8, 4) is 11.3 Å². The fourth-order valence-corrected chi connectivity index (χ4v) is 3.13. The molecule has 2 heteroatoms. The van der Waals surface area contributed by atoms with E-state index in [4.69, 9.17) is 4.42 Å². The van der Waals surface area contributed by atoms with Gasteiger partial charge in [0.2, 0.25) is 0 Å². The van der Waals surface area contributed by atoms with Gasteiger partial charge in [0.05, 0.1) is 0 Å². The van der Waals surface area contributed by atoms with Crippen LogP contribution in [0.3, 0.4) is 0 Å². The molecule has 0 aliphatic rings. The molecule has 0 atom stereocenters. The predicted octanol–water partition coefficient (Wildman–Crippen LogP) is 5.73. The van der Waals surface area contributed by atoms with Crippen LogP contribution in [0.5, 0.6) is 0 Å². The molecule has 2 aromatic heterocycles. The number of aromatic amines is 1. The quantitative estimate of drug-likeness (QED) is 0.418. The van der Waals surface area contributed by atoms with Crippen LogP contribution in [0.4, 0.5) is 0 Å². The molecule has 0 spiro atoms. The summed E-state index contributed by atoms with van der Waals surface area (Å²) in [6.07, 6.45) is 0. The Hall–Kier alpha value is -3.00. The number of benzene rings is 3. The maximum absolute atomic E-state index is 5.96. The average Bonchev–Trinajstić information content (AvgIpc) is 3.15. The molecule has 0 aliphatic carbocycles. The smallest absolute Gasteiger partial charge is 0.135 e. The normalized spacial score (nSPS) is 11.6. The van der Waals surface area contributed by atoms with Crippen molar-refractivity contribution in [3.05, 3.63) is 72.8 Å². The summed E-state index contributed by atoms with van der Waals surface area (Å²) in [5, 5.41) is 3.64. The Morgan fingerprint density at radius 2 is 1.50 bits per heavy atom. The van der Waals surface area contributed by atoms with Crippen LogP contribution in [0.25, 0.3) is 44.1 Å². The Morgan fingerprint density at radius 3 is 2.45 bits per heavy atom. The highest BCUT2D eigenvalue weighted by atomic mass is 16.3. The molecule has 0 radical (unpaired) electrons. The minimum absolute atomic E-state index is 0.904. The molecular formula is C20H13NO. The van der Waals surface area contributed by atoms with Crippen LogP contribution in [0.1, 0.15) is 0 Å². The van der Waals surface area contributed by atoms with E-state index in [1.54, 1.807) is 0 Å². The maximum Gasteiger partial charge on any atom is 0.135 e. The van der Waals surface area contributed by atoms with Crippen LogP contribution in [0, 0.1) is 0 Å². The van der Waals surface area contributed by atoms with Crippen LogP contribution in [0.15, 0.2) is 77.2 Å². The summed E-state index contributed by atoms with van der Waals surface area (Å²) in [7, 11) is 0. The molecule has 5 rings (SSSR count). The number of hydrogen-bond acceptors (Lipinski definition) is 1. The van der Waals surface area contributed by atoms with Crippen LogP contribution in [0.2, 0.25) is 0 Å². The first-order valence-corrected chi connectivity index (χ1v) is 7.38. The molecule has 2 nitrogen and oxygen atoms in total. The third-order valence-electron chi connectivity index (χ3n) is 4.22. The zero-order valence-corrected chi connectivity index (χ0v) is 11.8. The van der Waals surface area contributed by atoms with Gasteiger partial charge >= 0.3 is 0 Å².